The van der Waals surface area contributed by atoms with Crippen LogP contribution in [0, 0.1) is 0 Å². The van der Waals surface area contributed by atoms with Crippen molar-refractivity contribution in [2.45, 2.75) is 56.3 Å². The zero-order chi connectivity index (χ0) is 27.2. The topological polar surface area (TPSA) is 226 Å². The van der Waals surface area contributed by atoms with Crippen molar-refractivity contribution in [3.05, 3.63) is 54.1 Å². The number of carbonyl (C=O) groups is 4. The molecule has 10 N–H and O–H groups in total. The molecule has 0 saturated heterocycles. The lowest BCUT2D eigenvalue weighted by Gasteiger charge is -2.25. The number of carboxylic acid groups (broad SMARTS) is 1. The standard InChI is InChI=1S/C24H35N7O6/c25-9-5-4-8-18(29-21(33)17(26)13-32)22(34)30-19(11-16-12-27-14-28-16)23(35)31-20(24(36)37)10-15-6-2-1-3-7-15/h1-3,6-7,12,14,17-20,32H,4-5,8-11,13,25-26H2,(H,27,28)(H,29,33)(H,30,34)(H,31,35)(H,36,37). The number of hydrogen-bond acceptors (Lipinski definition) is 8. The maximum atomic E-state index is 13.2. The lowest BCUT2D eigenvalue weighted by molar-refractivity contribution is -0.142. The molecule has 4 unspecified atom stereocenters. The van der Waals surface area contributed by atoms with Crippen LogP contribution in [0.2, 0.25) is 0 Å². The molecule has 13 heteroatoms. The second-order valence-electron chi connectivity index (χ2n) is 8.57. The molecule has 0 aliphatic rings. The van der Waals surface area contributed by atoms with E-state index in [0.717, 1.165) is 0 Å². The maximum Gasteiger partial charge on any atom is 0.326 e. The second-order valence-corrected chi connectivity index (χ2v) is 8.57. The second kappa shape index (κ2) is 15.3. The lowest BCUT2D eigenvalue weighted by Crippen LogP contribution is -2.58. The number of hydrogen-bond donors (Lipinski definition) is 8. The molecule has 1 heterocycles. The molecule has 0 spiro atoms. The van der Waals surface area contributed by atoms with Crippen molar-refractivity contribution < 1.29 is 29.4 Å². The number of imidazole rings is 1. The number of carboxylic acids is 1. The van der Waals surface area contributed by atoms with Crippen LogP contribution in [0.25, 0.3) is 0 Å². The minimum Gasteiger partial charge on any atom is -0.480 e. The van der Waals surface area contributed by atoms with Gasteiger partial charge in [0, 0.05) is 24.7 Å². The molecule has 0 fully saturated rings. The Morgan fingerprint density at radius 1 is 0.919 bits per heavy atom. The number of benzene rings is 1. The minimum absolute atomic E-state index is 0.00509. The van der Waals surface area contributed by atoms with Gasteiger partial charge in [-0.2, -0.15) is 0 Å². The Morgan fingerprint density at radius 3 is 2.16 bits per heavy atom. The first kappa shape index (κ1) is 29.4. The van der Waals surface area contributed by atoms with Gasteiger partial charge in [-0.3, -0.25) is 14.4 Å². The fourth-order valence-corrected chi connectivity index (χ4v) is 3.54. The van der Waals surface area contributed by atoms with Crippen LogP contribution in [-0.4, -0.2) is 81.2 Å². The van der Waals surface area contributed by atoms with Crippen LogP contribution in [-0.2, 0) is 32.0 Å². The summed E-state index contributed by atoms with van der Waals surface area (Å²) in [5, 5.41) is 26.4. The predicted octanol–water partition coefficient (Wildman–Crippen LogP) is -1.82. The predicted molar refractivity (Wildman–Crippen MR) is 134 cm³/mol. The number of unbranched alkanes of at least 4 members (excludes halogenated alkanes) is 1. The van der Waals surface area contributed by atoms with Crippen molar-refractivity contribution in [3.8, 4) is 0 Å². The first-order valence-electron chi connectivity index (χ1n) is 12.0. The van der Waals surface area contributed by atoms with E-state index in [1.54, 1.807) is 30.3 Å². The quantitative estimate of drug-likeness (QED) is 0.117. The third-order valence-corrected chi connectivity index (χ3v) is 5.62. The van der Waals surface area contributed by atoms with Crippen LogP contribution < -0.4 is 27.4 Å². The summed E-state index contributed by atoms with van der Waals surface area (Å²) < 4.78 is 0. The van der Waals surface area contributed by atoms with Crippen LogP contribution in [0.1, 0.15) is 30.5 Å². The fraction of sp³-hybridized carbons (Fsp3) is 0.458. The average Bonchev–Trinajstić information content (AvgIpc) is 3.40. The van der Waals surface area contributed by atoms with Gasteiger partial charge in [-0.05, 0) is 31.4 Å². The van der Waals surface area contributed by atoms with E-state index in [1.165, 1.54) is 12.5 Å². The molecule has 3 amide bonds. The Bertz CT molecular complexity index is 1000. The smallest absolute Gasteiger partial charge is 0.326 e. The van der Waals surface area contributed by atoms with Crippen LogP contribution in [0.5, 0.6) is 0 Å². The molecule has 1 aromatic carbocycles. The van der Waals surface area contributed by atoms with Crippen LogP contribution in [0.4, 0.5) is 0 Å². The van der Waals surface area contributed by atoms with E-state index in [9.17, 15) is 24.3 Å². The van der Waals surface area contributed by atoms with Crippen molar-refractivity contribution in [2.75, 3.05) is 13.2 Å². The summed E-state index contributed by atoms with van der Waals surface area (Å²) >= 11 is 0. The van der Waals surface area contributed by atoms with E-state index in [4.69, 9.17) is 16.6 Å². The summed E-state index contributed by atoms with van der Waals surface area (Å²) in [6, 6.07) is 4.14. The molecule has 4 atom stereocenters. The van der Waals surface area contributed by atoms with Crippen molar-refractivity contribution >= 4 is 23.7 Å². The number of aliphatic hydroxyl groups is 1. The highest BCUT2D eigenvalue weighted by molar-refractivity contribution is 5.94. The van der Waals surface area contributed by atoms with Gasteiger partial charge in [-0.25, -0.2) is 9.78 Å². The van der Waals surface area contributed by atoms with Crippen LogP contribution >= 0.6 is 0 Å². The van der Waals surface area contributed by atoms with Gasteiger partial charge in [0.1, 0.15) is 24.2 Å². The molecular formula is C24H35N7O6. The monoisotopic (exact) mass is 517 g/mol. The van der Waals surface area contributed by atoms with Crippen molar-refractivity contribution in [3.63, 3.8) is 0 Å². The highest BCUT2D eigenvalue weighted by atomic mass is 16.4. The van der Waals surface area contributed by atoms with Crippen molar-refractivity contribution in [2.24, 2.45) is 11.5 Å². The maximum absolute atomic E-state index is 13.2. The summed E-state index contributed by atoms with van der Waals surface area (Å²) in [6.07, 6.45) is 4.26. The molecule has 0 bridgehead atoms. The molecular weight excluding hydrogens is 482 g/mol. The molecule has 0 saturated carbocycles. The van der Waals surface area contributed by atoms with Gasteiger partial charge in [0.2, 0.25) is 17.7 Å². The van der Waals surface area contributed by atoms with E-state index in [-0.39, 0.29) is 19.3 Å². The van der Waals surface area contributed by atoms with Gasteiger partial charge < -0.3 is 42.6 Å². The number of carbonyl (C=O) groups excluding carboxylic acids is 3. The molecule has 2 aromatic rings. The average molecular weight is 518 g/mol. The molecule has 2 rings (SSSR count). The number of nitrogens with one attached hydrogen (secondary N) is 4. The zero-order valence-electron chi connectivity index (χ0n) is 20.4. The summed E-state index contributed by atoms with van der Waals surface area (Å²) in [5.41, 5.74) is 12.3. The number of H-pyrrole nitrogens is 1. The first-order chi connectivity index (χ1) is 17.7. The SMILES string of the molecule is NCCCCC(NC(=O)C(N)CO)C(=O)NC(Cc1cnc[nH]1)C(=O)NC(Cc1ccccc1)C(=O)O. The summed E-state index contributed by atoms with van der Waals surface area (Å²) in [4.78, 5) is 57.2. The van der Waals surface area contributed by atoms with Gasteiger partial charge in [-0.15, -0.1) is 0 Å². The van der Waals surface area contributed by atoms with E-state index < -0.39 is 54.5 Å². The highest BCUT2D eigenvalue weighted by Crippen LogP contribution is 2.07. The van der Waals surface area contributed by atoms with Crippen LogP contribution in [0.3, 0.4) is 0 Å². The number of amides is 3. The van der Waals surface area contributed by atoms with E-state index in [0.29, 0.717) is 30.6 Å². The Hall–Kier alpha value is -3.81. The number of nitrogens with zero attached hydrogens (tertiary/aromatic N) is 1. The lowest BCUT2D eigenvalue weighted by atomic mass is 10.0. The van der Waals surface area contributed by atoms with E-state index >= 15 is 0 Å². The zero-order valence-corrected chi connectivity index (χ0v) is 20.4. The highest BCUT2D eigenvalue weighted by Gasteiger charge is 2.30. The number of aromatic amines is 1. The molecule has 37 heavy (non-hydrogen) atoms. The number of aliphatic hydroxyl groups excluding tert-OH is 1. The summed E-state index contributed by atoms with van der Waals surface area (Å²) in [7, 11) is 0. The Kier molecular flexibility index (Phi) is 12.2. The Morgan fingerprint density at radius 2 is 1.57 bits per heavy atom. The van der Waals surface area contributed by atoms with Gasteiger partial charge >= 0.3 is 5.97 Å². The third-order valence-electron chi connectivity index (χ3n) is 5.62. The van der Waals surface area contributed by atoms with Gasteiger partial charge in [0.05, 0.1) is 12.9 Å². The van der Waals surface area contributed by atoms with Gasteiger partial charge in [0.25, 0.3) is 0 Å². The van der Waals surface area contributed by atoms with Gasteiger partial charge in [-0.1, -0.05) is 30.3 Å². The number of rotatable bonds is 16. The molecule has 0 aliphatic heterocycles. The molecule has 202 valence electrons. The largest absolute Gasteiger partial charge is 0.480 e. The minimum atomic E-state index is -1.24. The van der Waals surface area contributed by atoms with Crippen molar-refractivity contribution in [1.29, 1.82) is 0 Å². The summed E-state index contributed by atoms with van der Waals surface area (Å²) in [6.45, 7) is -0.215. The third kappa shape index (κ3) is 9.99. The van der Waals surface area contributed by atoms with Crippen LogP contribution in [0.15, 0.2) is 42.9 Å². The molecule has 13 nitrogen and oxygen atoms in total. The number of nitrogens with two attached hydrogens (primary N) is 2. The Labute approximate surface area is 214 Å². The first-order valence-corrected chi connectivity index (χ1v) is 12.0. The molecule has 0 aliphatic carbocycles. The molecule has 1 aromatic heterocycles. The van der Waals surface area contributed by atoms with Crippen molar-refractivity contribution in [1.82, 2.24) is 25.9 Å². The van der Waals surface area contributed by atoms with E-state index in [2.05, 4.69) is 25.9 Å². The van der Waals surface area contributed by atoms with E-state index in [1.807, 2.05) is 0 Å². The number of aliphatic carboxylic acids is 1. The normalized spacial score (nSPS) is 14.1. The number of aromatic nitrogens is 2. The fourth-order valence-electron chi connectivity index (χ4n) is 3.54. The summed E-state index contributed by atoms with van der Waals surface area (Å²) in [5.74, 6) is -3.33. The Balaban J connectivity index is 2.19. The van der Waals surface area contributed by atoms with Gasteiger partial charge in [0.15, 0.2) is 0 Å². The molecule has 0 radical (unpaired) electrons.